The Morgan fingerprint density at radius 2 is 2.33 bits per heavy atom. The van der Waals surface area contributed by atoms with Crippen molar-refractivity contribution in [2.75, 3.05) is 11.9 Å². The Balaban J connectivity index is 2.47. The first-order chi connectivity index (χ1) is 5.83. The summed E-state index contributed by atoms with van der Waals surface area (Å²) < 4.78 is 0.775. The fourth-order valence-corrected chi connectivity index (χ4v) is 1.14. The van der Waals surface area contributed by atoms with Gasteiger partial charge in [0.1, 0.15) is 10.5 Å². The molecule has 0 amide bonds. The summed E-state index contributed by atoms with van der Waals surface area (Å²) in [6, 6.07) is 5.82. The van der Waals surface area contributed by atoms with Gasteiger partial charge in [-0.15, -0.1) is 0 Å². The highest BCUT2D eigenvalue weighted by Gasteiger charge is 1.88. The zero-order valence-corrected chi connectivity index (χ0v) is 8.08. The molecule has 0 bridgehead atoms. The van der Waals surface area contributed by atoms with Crippen molar-refractivity contribution >= 4 is 18.0 Å². The van der Waals surface area contributed by atoms with Crippen LogP contribution < -0.4 is 5.32 Å². The van der Waals surface area contributed by atoms with Crippen LogP contribution in [0.2, 0.25) is 0 Å². The number of H-pyrrole nitrogens is 1. The molecule has 0 saturated heterocycles. The highest BCUT2D eigenvalue weighted by molar-refractivity contribution is 7.71. The summed E-state index contributed by atoms with van der Waals surface area (Å²) in [5.41, 5.74) is 0. The molecule has 0 atom stereocenters. The Bertz CT molecular complexity index is 280. The van der Waals surface area contributed by atoms with Gasteiger partial charge in [0.2, 0.25) is 0 Å². The molecule has 0 aliphatic heterocycles. The van der Waals surface area contributed by atoms with E-state index in [1.54, 1.807) is 0 Å². The molecule has 66 valence electrons. The molecular formula is C9H14N2S. The topological polar surface area (TPSA) is 27.8 Å². The van der Waals surface area contributed by atoms with Gasteiger partial charge in [-0.3, -0.25) is 0 Å². The molecule has 0 aliphatic rings. The maximum atomic E-state index is 4.98. The number of anilines is 1. The lowest BCUT2D eigenvalue weighted by Gasteiger charge is -2.03. The molecule has 0 fully saturated rings. The highest BCUT2D eigenvalue weighted by Crippen LogP contribution is 2.01. The van der Waals surface area contributed by atoms with E-state index in [1.807, 2.05) is 18.2 Å². The van der Waals surface area contributed by atoms with Gasteiger partial charge in [-0.25, -0.2) is 0 Å². The number of aromatic nitrogens is 1. The van der Waals surface area contributed by atoms with Crippen molar-refractivity contribution in [1.29, 1.82) is 0 Å². The maximum Gasteiger partial charge on any atom is 0.104 e. The van der Waals surface area contributed by atoms with E-state index in [0.717, 1.165) is 17.0 Å². The molecule has 0 aromatic carbocycles. The summed E-state index contributed by atoms with van der Waals surface area (Å²) in [4.78, 5) is 3.07. The first-order valence-electron chi connectivity index (χ1n) is 4.26. The van der Waals surface area contributed by atoms with E-state index < -0.39 is 0 Å². The van der Waals surface area contributed by atoms with Crippen molar-refractivity contribution in [3.05, 3.63) is 22.8 Å². The van der Waals surface area contributed by atoms with Crippen LogP contribution in [0.1, 0.15) is 19.8 Å². The van der Waals surface area contributed by atoms with E-state index in [1.165, 1.54) is 12.8 Å². The molecule has 0 unspecified atom stereocenters. The zero-order chi connectivity index (χ0) is 8.81. The Morgan fingerprint density at radius 1 is 1.50 bits per heavy atom. The lowest BCUT2D eigenvalue weighted by atomic mass is 10.3. The van der Waals surface area contributed by atoms with Crippen molar-refractivity contribution in [3.8, 4) is 0 Å². The van der Waals surface area contributed by atoms with E-state index in [4.69, 9.17) is 12.2 Å². The summed E-state index contributed by atoms with van der Waals surface area (Å²) in [6.45, 7) is 3.18. The van der Waals surface area contributed by atoms with Crippen molar-refractivity contribution in [2.45, 2.75) is 19.8 Å². The van der Waals surface area contributed by atoms with Crippen LogP contribution in [0.4, 0.5) is 5.82 Å². The Labute approximate surface area is 78.0 Å². The van der Waals surface area contributed by atoms with E-state index in [2.05, 4.69) is 17.2 Å². The molecular weight excluding hydrogens is 168 g/mol. The molecule has 3 heteroatoms. The lowest BCUT2D eigenvalue weighted by molar-refractivity contribution is 0.831. The van der Waals surface area contributed by atoms with Gasteiger partial charge < -0.3 is 10.3 Å². The summed E-state index contributed by atoms with van der Waals surface area (Å²) in [6.07, 6.45) is 2.40. The number of unbranched alkanes of at least 4 members (excludes halogenated alkanes) is 1. The van der Waals surface area contributed by atoms with Crippen LogP contribution in [0.3, 0.4) is 0 Å². The van der Waals surface area contributed by atoms with Crippen LogP contribution in [0.25, 0.3) is 0 Å². The first kappa shape index (κ1) is 9.26. The van der Waals surface area contributed by atoms with E-state index >= 15 is 0 Å². The first-order valence-corrected chi connectivity index (χ1v) is 4.67. The summed E-state index contributed by atoms with van der Waals surface area (Å²) in [7, 11) is 0. The molecule has 0 aliphatic carbocycles. The third-order valence-electron chi connectivity index (χ3n) is 1.61. The Kier molecular flexibility index (Phi) is 3.80. The van der Waals surface area contributed by atoms with Gasteiger partial charge in [-0.05, 0) is 18.6 Å². The summed E-state index contributed by atoms with van der Waals surface area (Å²) >= 11 is 4.98. The van der Waals surface area contributed by atoms with Gasteiger partial charge in [0.15, 0.2) is 0 Å². The Morgan fingerprint density at radius 3 is 3.00 bits per heavy atom. The minimum atomic E-state index is 0.775. The molecule has 1 rings (SSSR count). The number of pyridine rings is 1. The number of nitrogens with one attached hydrogen (secondary N) is 2. The molecule has 1 aromatic rings. The van der Waals surface area contributed by atoms with Crippen LogP contribution in [0, 0.1) is 4.64 Å². The smallest absolute Gasteiger partial charge is 0.104 e. The second kappa shape index (κ2) is 4.93. The van der Waals surface area contributed by atoms with Gasteiger partial charge >= 0.3 is 0 Å². The second-order valence-corrected chi connectivity index (χ2v) is 3.15. The van der Waals surface area contributed by atoms with Gasteiger partial charge in [0.05, 0.1) is 0 Å². The van der Waals surface area contributed by atoms with Crippen molar-refractivity contribution in [3.63, 3.8) is 0 Å². The molecule has 2 nitrogen and oxygen atoms in total. The van der Waals surface area contributed by atoms with E-state index in [9.17, 15) is 0 Å². The van der Waals surface area contributed by atoms with Gasteiger partial charge in [-0.1, -0.05) is 31.6 Å². The largest absolute Gasteiger partial charge is 0.372 e. The normalized spacial score (nSPS) is 9.75. The number of rotatable bonds is 4. The maximum absolute atomic E-state index is 4.98. The number of hydrogen-bond donors (Lipinski definition) is 2. The van der Waals surface area contributed by atoms with E-state index in [-0.39, 0.29) is 0 Å². The van der Waals surface area contributed by atoms with Crippen molar-refractivity contribution in [2.24, 2.45) is 0 Å². The fourth-order valence-electron chi connectivity index (χ4n) is 0.951. The SMILES string of the molecule is CCCCNc1cccc(=S)[nH]1. The molecule has 1 heterocycles. The van der Waals surface area contributed by atoms with Crippen LogP contribution in [0.15, 0.2) is 18.2 Å². The number of hydrogen-bond acceptors (Lipinski definition) is 2. The van der Waals surface area contributed by atoms with Crippen LogP contribution >= 0.6 is 12.2 Å². The minimum absolute atomic E-state index is 0.775. The van der Waals surface area contributed by atoms with Crippen LogP contribution in [0.5, 0.6) is 0 Å². The Hall–Kier alpha value is -0.830. The highest BCUT2D eigenvalue weighted by atomic mass is 32.1. The molecule has 1 aromatic heterocycles. The standard InChI is InChI=1S/C9H14N2S/c1-2-3-7-10-8-5-4-6-9(12)11-8/h4-6H,2-3,7H2,1H3,(H2,10,11,12). The second-order valence-electron chi connectivity index (χ2n) is 2.71. The third-order valence-corrected chi connectivity index (χ3v) is 1.85. The zero-order valence-electron chi connectivity index (χ0n) is 7.26. The average Bonchev–Trinajstić information content (AvgIpc) is 2.05. The van der Waals surface area contributed by atoms with Gasteiger partial charge in [0, 0.05) is 6.54 Å². The molecule has 0 spiro atoms. The van der Waals surface area contributed by atoms with Crippen molar-refractivity contribution < 1.29 is 0 Å². The predicted octanol–water partition coefficient (Wildman–Crippen LogP) is 2.96. The lowest BCUT2D eigenvalue weighted by Crippen LogP contribution is -2.02. The molecule has 12 heavy (non-hydrogen) atoms. The third kappa shape index (κ3) is 3.05. The van der Waals surface area contributed by atoms with Crippen molar-refractivity contribution in [1.82, 2.24) is 4.98 Å². The summed E-state index contributed by atoms with van der Waals surface area (Å²) in [5.74, 6) is 1.01. The predicted molar refractivity (Wildman–Crippen MR) is 55.0 cm³/mol. The molecule has 0 radical (unpaired) electrons. The monoisotopic (exact) mass is 182 g/mol. The minimum Gasteiger partial charge on any atom is -0.372 e. The molecule has 2 N–H and O–H groups in total. The van der Waals surface area contributed by atoms with Gasteiger partial charge in [0.25, 0.3) is 0 Å². The van der Waals surface area contributed by atoms with Crippen LogP contribution in [-0.2, 0) is 0 Å². The average molecular weight is 182 g/mol. The van der Waals surface area contributed by atoms with E-state index in [0.29, 0.717) is 0 Å². The fraction of sp³-hybridized carbons (Fsp3) is 0.444. The quantitative estimate of drug-likeness (QED) is 0.553. The van der Waals surface area contributed by atoms with Crippen LogP contribution in [-0.4, -0.2) is 11.5 Å². The molecule has 0 saturated carbocycles. The van der Waals surface area contributed by atoms with Gasteiger partial charge in [-0.2, -0.15) is 0 Å². The number of aromatic amines is 1. The summed E-state index contributed by atoms with van der Waals surface area (Å²) in [5, 5.41) is 3.26.